The molecule has 0 spiro atoms. The van der Waals surface area contributed by atoms with Gasteiger partial charge in [-0.05, 0) is 24.7 Å². The maximum atomic E-state index is 5.36. The van der Waals surface area contributed by atoms with Crippen LogP contribution in [0.15, 0.2) is 12.4 Å². The highest BCUT2D eigenvalue weighted by molar-refractivity contribution is 5.41. The van der Waals surface area contributed by atoms with Crippen molar-refractivity contribution in [2.75, 3.05) is 7.11 Å². The molecule has 2 heterocycles. The van der Waals surface area contributed by atoms with Gasteiger partial charge in [-0.3, -0.25) is 4.40 Å². The third kappa shape index (κ3) is 1.77. The fraction of sp³-hybridized carbons (Fsp3) is 0.538. The second kappa shape index (κ2) is 3.72. The van der Waals surface area contributed by atoms with Gasteiger partial charge in [-0.15, -0.1) is 0 Å². The molecule has 2 aromatic rings. The Morgan fingerprint density at radius 3 is 2.65 bits per heavy atom. The molecule has 0 aromatic carbocycles. The van der Waals surface area contributed by atoms with E-state index in [-0.39, 0.29) is 0 Å². The summed E-state index contributed by atoms with van der Waals surface area (Å²) in [5.74, 6) is 2.52. The van der Waals surface area contributed by atoms with Gasteiger partial charge in [-0.1, -0.05) is 13.8 Å². The minimum absolute atomic E-state index is 0.423. The van der Waals surface area contributed by atoms with Gasteiger partial charge in [0.15, 0.2) is 0 Å². The van der Waals surface area contributed by atoms with E-state index >= 15 is 0 Å². The van der Waals surface area contributed by atoms with E-state index in [9.17, 15) is 0 Å². The van der Waals surface area contributed by atoms with Gasteiger partial charge < -0.3 is 4.74 Å². The van der Waals surface area contributed by atoms with Crippen LogP contribution in [0, 0.1) is 0 Å². The molecule has 0 radical (unpaired) electrons. The smallest absolute Gasteiger partial charge is 0.237 e. The molecule has 0 unspecified atom stereocenters. The number of rotatable bonds is 3. The van der Waals surface area contributed by atoms with Crippen LogP contribution >= 0.6 is 0 Å². The molecule has 1 fully saturated rings. The van der Waals surface area contributed by atoms with Crippen molar-refractivity contribution in [3.63, 3.8) is 0 Å². The van der Waals surface area contributed by atoms with Crippen LogP contribution in [0.2, 0.25) is 0 Å². The first-order chi connectivity index (χ1) is 8.19. The number of hydrogen-bond acceptors (Lipinski definition) is 3. The van der Waals surface area contributed by atoms with Gasteiger partial charge in [0.25, 0.3) is 0 Å². The van der Waals surface area contributed by atoms with E-state index in [1.807, 2.05) is 4.40 Å². The number of aromatic nitrogens is 3. The van der Waals surface area contributed by atoms with Crippen LogP contribution in [0.25, 0.3) is 5.78 Å². The number of fused-ring (bicyclic) bond motifs is 1. The topological polar surface area (TPSA) is 39.4 Å². The summed E-state index contributed by atoms with van der Waals surface area (Å²) < 4.78 is 7.38. The molecule has 0 saturated heterocycles. The molecule has 1 saturated carbocycles. The van der Waals surface area contributed by atoms with E-state index in [1.165, 1.54) is 18.4 Å². The molecule has 0 amide bonds. The summed E-state index contributed by atoms with van der Waals surface area (Å²) in [4.78, 5) is 9.00. The van der Waals surface area contributed by atoms with Crippen molar-refractivity contribution in [3.05, 3.63) is 23.7 Å². The van der Waals surface area contributed by atoms with Crippen molar-refractivity contribution in [2.24, 2.45) is 0 Å². The van der Waals surface area contributed by atoms with E-state index in [0.29, 0.717) is 11.8 Å². The largest absolute Gasteiger partial charge is 0.481 e. The fourth-order valence-electron chi connectivity index (χ4n) is 2.06. The first kappa shape index (κ1) is 10.6. The Labute approximate surface area is 101 Å². The van der Waals surface area contributed by atoms with Crippen LogP contribution in [0.3, 0.4) is 0 Å². The summed E-state index contributed by atoms with van der Waals surface area (Å²) in [6.07, 6.45) is 6.68. The Bertz CT molecular complexity index is 555. The van der Waals surface area contributed by atoms with Gasteiger partial charge in [0.05, 0.1) is 12.8 Å². The van der Waals surface area contributed by atoms with E-state index < -0.39 is 0 Å². The second-order valence-electron chi connectivity index (χ2n) is 5.01. The zero-order valence-corrected chi connectivity index (χ0v) is 10.5. The molecular formula is C13H17N3O. The van der Waals surface area contributed by atoms with Gasteiger partial charge in [-0.25, -0.2) is 4.98 Å². The maximum absolute atomic E-state index is 5.36. The van der Waals surface area contributed by atoms with Crippen LogP contribution in [0.1, 0.15) is 49.8 Å². The highest BCUT2D eigenvalue weighted by Crippen LogP contribution is 2.43. The third-order valence-corrected chi connectivity index (χ3v) is 3.26. The highest BCUT2D eigenvalue weighted by atomic mass is 16.5. The maximum Gasteiger partial charge on any atom is 0.237 e. The minimum Gasteiger partial charge on any atom is -0.481 e. The average molecular weight is 231 g/mol. The molecule has 0 atom stereocenters. The fourth-order valence-corrected chi connectivity index (χ4v) is 2.06. The number of nitrogens with zero attached hydrogens (tertiary/aromatic N) is 3. The zero-order valence-electron chi connectivity index (χ0n) is 10.5. The monoisotopic (exact) mass is 231 g/mol. The van der Waals surface area contributed by atoms with Gasteiger partial charge in [-0.2, -0.15) is 4.98 Å². The molecule has 90 valence electrons. The molecule has 4 nitrogen and oxygen atoms in total. The number of ether oxygens (including phenoxy) is 1. The Kier molecular flexibility index (Phi) is 2.31. The lowest BCUT2D eigenvalue weighted by Gasteiger charge is -2.06. The molecule has 4 heteroatoms. The van der Waals surface area contributed by atoms with Crippen LogP contribution < -0.4 is 4.74 Å². The van der Waals surface area contributed by atoms with Crippen molar-refractivity contribution in [3.8, 4) is 5.88 Å². The van der Waals surface area contributed by atoms with Crippen molar-refractivity contribution in [1.29, 1.82) is 0 Å². The van der Waals surface area contributed by atoms with E-state index in [0.717, 1.165) is 17.4 Å². The number of imidazole rings is 1. The molecular weight excluding hydrogens is 214 g/mol. The van der Waals surface area contributed by atoms with Crippen molar-refractivity contribution in [1.82, 2.24) is 14.4 Å². The molecule has 2 aromatic heterocycles. The molecule has 3 rings (SSSR count). The summed E-state index contributed by atoms with van der Waals surface area (Å²) >= 11 is 0. The molecule has 17 heavy (non-hydrogen) atoms. The van der Waals surface area contributed by atoms with Gasteiger partial charge in [0, 0.05) is 18.0 Å². The summed E-state index contributed by atoms with van der Waals surface area (Å²) in [6, 6.07) is 0. The minimum atomic E-state index is 0.423. The summed E-state index contributed by atoms with van der Waals surface area (Å²) in [5.41, 5.74) is 2.29. The zero-order chi connectivity index (χ0) is 12.0. The Morgan fingerprint density at radius 2 is 2.06 bits per heavy atom. The second-order valence-corrected chi connectivity index (χ2v) is 5.01. The summed E-state index contributed by atoms with van der Waals surface area (Å²) in [6.45, 7) is 4.28. The Balaban J connectivity index is 2.15. The quantitative estimate of drug-likeness (QED) is 0.815. The predicted molar refractivity (Wildman–Crippen MR) is 65.6 cm³/mol. The predicted octanol–water partition coefficient (Wildman–Crippen LogP) is 2.74. The van der Waals surface area contributed by atoms with Crippen molar-refractivity contribution < 1.29 is 4.74 Å². The molecule has 0 bridgehead atoms. The lowest BCUT2D eigenvalue weighted by molar-refractivity contribution is 0.392. The molecule has 1 aliphatic rings. The SMILES string of the molecule is COc1nc2nc(C(C)C)cn2cc1C1CC1. The van der Waals surface area contributed by atoms with Crippen molar-refractivity contribution >= 4 is 5.78 Å². The molecule has 0 N–H and O–H groups in total. The standard InChI is InChI=1S/C13H17N3O/c1-8(2)11-7-16-6-10(9-4-5-9)12(17-3)15-13(16)14-11/h6-9H,4-5H2,1-3H3. The van der Waals surface area contributed by atoms with Crippen LogP contribution in [0.4, 0.5) is 0 Å². The summed E-state index contributed by atoms with van der Waals surface area (Å²) in [5, 5.41) is 0. The Hall–Kier alpha value is -1.58. The van der Waals surface area contributed by atoms with Crippen LogP contribution in [-0.4, -0.2) is 21.5 Å². The van der Waals surface area contributed by atoms with Gasteiger partial charge in [0.2, 0.25) is 11.7 Å². The van der Waals surface area contributed by atoms with Crippen molar-refractivity contribution in [2.45, 2.75) is 38.5 Å². The first-order valence-corrected chi connectivity index (χ1v) is 6.12. The highest BCUT2D eigenvalue weighted by Gasteiger charge is 2.28. The molecule has 0 aliphatic heterocycles. The lowest BCUT2D eigenvalue weighted by atomic mass is 10.2. The third-order valence-electron chi connectivity index (χ3n) is 3.26. The van der Waals surface area contributed by atoms with Gasteiger partial charge >= 0.3 is 0 Å². The first-order valence-electron chi connectivity index (χ1n) is 6.12. The van der Waals surface area contributed by atoms with E-state index in [2.05, 4.69) is 36.2 Å². The lowest BCUT2D eigenvalue weighted by Crippen LogP contribution is -1.98. The van der Waals surface area contributed by atoms with Crippen LogP contribution in [-0.2, 0) is 0 Å². The van der Waals surface area contributed by atoms with E-state index in [1.54, 1.807) is 7.11 Å². The Morgan fingerprint density at radius 1 is 1.29 bits per heavy atom. The van der Waals surface area contributed by atoms with Crippen LogP contribution in [0.5, 0.6) is 5.88 Å². The number of hydrogen-bond donors (Lipinski definition) is 0. The summed E-state index contributed by atoms with van der Waals surface area (Å²) in [7, 11) is 1.68. The average Bonchev–Trinajstić information content (AvgIpc) is 3.06. The van der Waals surface area contributed by atoms with E-state index in [4.69, 9.17) is 4.74 Å². The molecule has 1 aliphatic carbocycles. The normalized spacial score (nSPS) is 15.8. The number of methoxy groups -OCH3 is 1. The van der Waals surface area contributed by atoms with Gasteiger partial charge in [0.1, 0.15) is 0 Å².